The Labute approximate surface area is 108 Å². The molecule has 0 fully saturated rings. The van der Waals surface area contributed by atoms with Crippen molar-refractivity contribution in [1.82, 2.24) is 0 Å². The van der Waals surface area contributed by atoms with E-state index in [-0.39, 0.29) is 11.7 Å². The number of fused-ring (bicyclic) bond motifs is 1. The molecule has 0 saturated carbocycles. The number of nitrogens with one attached hydrogen (secondary N) is 1. The SMILES string of the molecule is CCCCCc1ccc(O)c2c1NC(=O)C2(C)C. The first kappa shape index (κ1) is 12.9. The average Bonchev–Trinajstić information content (AvgIpc) is 2.55. The lowest BCUT2D eigenvalue weighted by Gasteiger charge is -2.17. The van der Waals surface area contributed by atoms with Gasteiger partial charge < -0.3 is 10.4 Å². The summed E-state index contributed by atoms with van der Waals surface area (Å²) in [6, 6.07) is 3.63. The van der Waals surface area contributed by atoms with Gasteiger partial charge in [0, 0.05) is 5.56 Å². The third kappa shape index (κ3) is 1.98. The highest BCUT2D eigenvalue weighted by atomic mass is 16.3. The Balaban J connectivity index is 2.37. The van der Waals surface area contributed by atoms with Crippen molar-refractivity contribution in [3.05, 3.63) is 23.3 Å². The first-order valence-electron chi connectivity index (χ1n) is 6.65. The number of amides is 1. The lowest BCUT2D eigenvalue weighted by molar-refractivity contribution is -0.119. The maximum atomic E-state index is 12.0. The van der Waals surface area contributed by atoms with Crippen LogP contribution in [0.4, 0.5) is 5.69 Å². The minimum absolute atomic E-state index is 0.0317. The number of hydrogen-bond donors (Lipinski definition) is 2. The fourth-order valence-corrected chi connectivity index (χ4v) is 2.57. The van der Waals surface area contributed by atoms with Crippen molar-refractivity contribution < 1.29 is 9.90 Å². The van der Waals surface area contributed by atoms with Crippen LogP contribution in [-0.2, 0) is 16.6 Å². The molecule has 1 aromatic carbocycles. The Morgan fingerprint density at radius 3 is 2.67 bits per heavy atom. The first-order valence-corrected chi connectivity index (χ1v) is 6.65. The lowest BCUT2D eigenvalue weighted by atomic mass is 9.84. The minimum Gasteiger partial charge on any atom is -0.508 e. The van der Waals surface area contributed by atoms with Crippen molar-refractivity contribution >= 4 is 11.6 Å². The maximum Gasteiger partial charge on any atom is 0.234 e. The highest BCUT2D eigenvalue weighted by Crippen LogP contribution is 2.44. The molecule has 1 aliphatic rings. The van der Waals surface area contributed by atoms with E-state index in [1.165, 1.54) is 12.8 Å². The van der Waals surface area contributed by atoms with E-state index in [1.807, 2.05) is 19.9 Å². The van der Waals surface area contributed by atoms with Crippen LogP contribution in [0.5, 0.6) is 5.75 Å². The second-order valence-corrected chi connectivity index (χ2v) is 5.53. The molecular weight excluding hydrogens is 226 g/mol. The average molecular weight is 247 g/mol. The third-order valence-corrected chi connectivity index (χ3v) is 3.75. The minimum atomic E-state index is -0.639. The van der Waals surface area contributed by atoms with Crippen molar-refractivity contribution in [2.45, 2.75) is 51.9 Å². The van der Waals surface area contributed by atoms with Crippen LogP contribution in [0.3, 0.4) is 0 Å². The Kier molecular flexibility index (Phi) is 3.33. The molecule has 2 rings (SSSR count). The Bertz CT molecular complexity index is 478. The van der Waals surface area contributed by atoms with Gasteiger partial charge in [0.25, 0.3) is 0 Å². The zero-order chi connectivity index (χ0) is 13.3. The number of rotatable bonds is 4. The van der Waals surface area contributed by atoms with E-state index in [9.17, 15) is 9.90 Å². The van der Waals surface area contributed by atoms with Gasteiger partial charge in [0.2, 0.25) is 5.91 Å². The highest BCUT2D eigenvalue weighted by Gasteiger charge is 2.41. The van der Waals surface area contributed by atoms with Crippen LogP contribution in [-0.4, -0.2) is 11.0 Å². The Morgan fingerprint density at radius 2 is 2.00 bits per heavy atom. The first-order chi connectivity index (χ1) is 8.48. The number of carbonyl (C=O) groups is 1. The van der Waals surface area contributed by atoms with Crippen LogP contribution in [0.15, 0.2) is 12.1 Å². The number of benzene rings is 1. The van der Waals surface area contributed by atoms with Gasteiger partial charge >= 0.3 is 0 Å². The summed E-state index contributed by atoms with van der Waals surface area (Å²) in [6.45, 7) is 5.87. The number of carbonyl (C=O) groups excluding carboxylic acids is 1. The molecule has 98 valence electrons. The van der Waals surface area contributed by atoms with Crippen molar-refractivity contribution in [3.8, 4) is 5.75 Å². The highest BCUT2D eigenvalue weighted by molar-refractivity contribution is 6.07. The van der Waals surface area contributed by atoms with Gasteiger partial charge in [-0.25, -0.2) is 0 Å². The summed E-state index contributed by atoms with van der Waals surface area (Å²) in [7, 11) is 0. The molecule has 0 spiro atoms. The molecule has 0 saturated heterocycles. The molecule has 0 aromatic heterocycles. The molecule has 1 amide bonds. The molecular formula is C15H21NO2. The fourth-order valence-electron chi connectivity index (χ4n) is 2.57. The number of anilines is 1. The lowest BCUT2D eigenvalue weighted by Crippen LogP contribution is -2.26. The van der Waals surface area contributed by atoms with E-state index < -0.39 is 5.41 Å². The van der Waals surface area contributed by atoms with E-state index in [0.29, 0.717) is 0 Å². The molecule has 1 heterocycles. The summed E-state index contributed by atoms with van der Waals surface area (Å²) in [5.74, 6) is 0.184. The van der Waals surface area contributed by atoms with Crippen LogP contribution < -0.4 is 5.32 Å². The van der Waals surface area contributed by atoms with E-state index in [1.54, 1.807) is 6.07 Å². The monoisotopic (exact) mass is 247 g/mol. The van der Waals surface area contributed by atoms with Gasteiger partial charge in [-0.1, -0.05) is 25.8 Å². The number of phenolic OH excluding ortho intramolecular Hbond substituents is 1. The van der Waals surface area contributed by atoms with E-state index in [4.69, 9.17) is 0 Å². The Morgan fingerprint density at radius 1 is 1.28 bits per heavy atom. The van der Waals surface area contributed by atoms with Crippen LogP contribution >= 0.6 is 0 Å². The largest absolute Gasteiger partial charge is 0.508 e. The van der Waals surface area contributed by atoms with Gasteiger partial charge in [-0.15, -0.1) is 0 Å². The molecule has 0 unspecified atom stereocenters. The zero-order valence-corrected chi connectivity index (χ0v) is 11.3. The van der Waals surface area contributed by atoms with Crippen molar-refractivity contribution in [2.75, 3.05) is 5.32 Å². The van der Waals surface area contributed by atoms with Crippen molar-refractivity contribution in [2.24, 2.45) is 0 Å². The summed E-state index contributed by atoms with van der Waals surface area (Å²) in [6.07, 6.45) is 4.43. The van der Waals surface area contributed by atoms with Gasteiger partial charge in [-0.05, 0) is 38.3 Å². The predicted molar refractivity (Wildman–Crippen MR) is 73.0 cm³/mol. The molecule has 0 atom stereocenters. The number of hydrogen-bond acceptors (Lipinski definition) is 2. The summed E-state index contributed by atoms with van der Waals surface area (Å²) in [5.41, 5.74) is 2.08. The third-order valence-electron chi connectivity index (χ3n) is 3.75. The number of aromatic hydroxyl groups is 1. The van der Waals surface area contributed by atoms with Gasteiger partial charge in [0.15, 0.2) is 0 Å². The number of phenols is 1. The molecule has 0 radical (unpaired) electrons. The van der Waals surface area contributed by atoms with Gasteiger partial charge in [-0.3, -0.25) is 4.79 Å². The predicted octanol–water partition coefficient (Wildman–Crippen LogP) is 3.35. The quantitative estimate of drug-likeness (QED) is 0.801. The van der Waals surface area contributed by atoms with Gasteiger partial charge in [0.05, 0.1) is 11.1 Å². The topological polar surface area (TPSA) is 49.3 Å². The zero-order valence-electron chi connectivity index (χ0n) is 11.3. The second-order valence-electron chi connectivity index (χ2n) is 5.53. The van der Waals surface area contributed by atoms with E-state index >= 15 is 0 Å². The molecule has 2 N–H and O–H groups in total. The smallest absolute Gasteiger partial charge is 0.234 e. The van der Waals surface area contributed by atoms with Crippen molar-refractivity contribution in [3.63, 3.8) is 0 Å². The molecule has 1 aliphatic heterocycles. The van der Waals surface area contributed by atoms with Crippen LogP contribution in [0.1, 0.15) is 51.2 Å². The van der Waals surface area contributed by atoms with E-state index in [2.05, 4.69) is 12.2 Å². The van der Waals surface area contributed by atoms with Crippen LogP contribution in [0.25, 0.3) is 0 Å². The molecule has 1 aromatic rings. The number of unbranched alkanes of at least 4 members (excludes halogenated alkanes) is 2. The summed E-state index contributed by atoms with van der Waals surface area (Å²) >= 11 is 0. The fraction of sp³-hybridized carbons (Fsp3) is 0.533. The second kappa shape index (κ2) is 4.63. The molecule has 3 heteroatoms. The molecule has 3 nitrogen and oxygen atoms in total. The molecule has 0 aliphatic carbocycles. The molecule has 0 bridgehead atoms. The summed E-state index contributed by atoms with van der Waals surface area (Å²) < 4.78 is 0. The summed E-state index contributed by atoms with van der Waals surface area (Å²) in [4.78, 5) is 12.0. The summed E-state index contributed by atoms with van der Waals surface area (Å²) in [5, 5.41) is 12.9. The Hall–Kier alpha value is -1.51. The normalized spacial score (nSPS) is 16.5. The van der Waals surface area contributed by atoms with Crippen molar-refractivity contribution in [1.29, 1.82) is 0 Å². The van der Waals surface area contributed by atoms with Gasteiger partial charge in [0.1, 0.15) is 5.75 Å². The number of aryl methyl sites for hydroxylation is 1. The standard InChI is InChI=1S/C15H21NO2/c1-4-5-6-7-10-8-9-11(17)12-13(10)16-14(18)15(12,2)3/h8-9,17H,4-7H2,1-3H3,(H,16,18). The maximum absolute atomic E-state index is 12.0. The van der Waals surface area contributed by atoms with Crippen LogP contribution in [0.2, 0.25) is 0 Å². The van der Waals surface area contributed by atoms with Gasteiger partial charge in [-0.2, -0.15) is 0 Å². The van der Waals surface area contributed by atoms with E-state index in [0.717, 1.165) is 29.7 Å². The molecule has 18 heavy (non-hydrogen) atoms. The van der Waals surface area contributed by atoms with Crippen LogP contribution in [0, 0.1) is 0 Å².